The fraction of sp³-hybridized carbons (Fsp3) is 0.231. The molecule has 1 heterocycles. The first-order valence-electron chi connectivity index (χ1n) is 5.83. The summed E-state index contributed by atoms with van der Waals surface area (Å²) in [6, 6.07) is 6.89. The molecule has 1 aromatic heterocycles. The Bertz CT molecular complexity index is 640. The Morgan fingerprint density at radius 2 is 1.90 bits per heavy atom. The highest BCUT2D eigenvalue weighted by Crippen LogP contribution is 2.24. The van der Waals surface area contributed by atoms with E-state index < -0.39 is 18.6 Å². The molecule has 4 nitrogen and oxygen atoms in total. The predicted molar refractivity (Wildman–Crippen MR) is 69.7 cm³/mol. The van der Waals surface area contributed by atoms with Gasteiger partial charge in [0.25, 0.3) is 5.91 Å². The van der Waals surface area contributed by atoms with Gasteiger partial charge in [-0.15, -0.1) is 0 Å². The van der Waals surface area contributed by atoms with Crippen LogP contribution in [0.1, 0.15) is 10.4 Å². The van der Waals surface area contributed by atoms with Crippen molar-refractivity contribution >= 4 is 22.5 Å². The van der Waals surface area contributed by atoms with Crippen molar-refractivity contribution in [3.8, 4) is 0 Å². The van der Waals surface area contributed by atoms with Crippen molar-refractivity contribution in [1.82, 2.24) is 10.3 Å². The molecule has 0 fully saturated rings. The molecule has 2 N–H and O–H groups in total. The number of amides is 1. The van der Waals surface area contributed by atoms with E-state index in [9.17, 15) is 18.0 Å². The highest BCUT2D eigenvalue weighted by molar-refractivity contribution is 6.09. The van der Waals surface area contributed by atoms with Gasteiger partial charge in [0.1, 0.15) is 12.4 Å². The van der Waals surface area contributed by atoms with Gasteiger partial charge in [-0.2, -0.15) is 13.2 Å². The molecule has 20 heavy (non-hydrogen) atoms. The first-order valence-corrected chi connectivity index (χ1v) is 5.83. The number of hydrogen-bond acceptors (Lipinski definition) is 3. The lowest BCUT2D eigenvalue weighted by Crippen LogP contribution is -2.33. The molecule has 1 aromatic carbocycles. The van der Waals surface area contributed by atoms with Crippen LogP contribution in [0.2, 0.25) is 0 Å². The minimum absolute atomic E-state index is 0.115. The molecule has 0 aliphatic rings. The summed E-state index contributed by atoms with van der Waals surface area (Å²) in [5.41, 5.74) is 0.115. The molecule has 0 atom stereocenters. The quantitative estimate of drug-likeness (QED) is 0.910. The molecule has 0 aliphatic carbocycles. The number of pyridine rings is 1. The number of halogens is 3. The molecule has 2 aromatic rings. The molecule has 0 unspecified atom stereocenters. The SMILES string of the molecule is CNc1ncc(C(=O)NCC(F)(F)F)c2ccccc12. The van der Waals surface area contributed by atoms with Crippen LogP contribution in [0.5, 0.6) is 0 Å². The van der Waals surface area contributed by atoms with Crippen LogP contribution in [0.25, 0.3) is 10.8 Å². The molecule has 0 radical (unpaired) electrons. The Kier molecular flexibility index (Phi) is 3.78. The van der Waals surface area contributed by atoms with E-state index in [1.807, 2.05) is 5.32 Å². The summed E-state index contributed by atoms with van der Waals surface area (Å²) in [7, 11) is 1.68. The van der Waals surface area contributed by atoms with Gasteiger partial charge in [-0.25, -0.2) is 4.98 Å². The Hall–Kier alpha value is -2.31. The van der Waals surface area contributed by atoms with E-state index in [1.165, 1.54) is 6.20 Å². The van der Waals surface area contributed by atoms with Crippen LogP contribution in [-0.2, 0) is 0 Å². The van der Waals surface area contributed by atoms with Crippen molar-refractivity contribution in [3.63, 3.8) is 0 Å². The highest BCUT2D eigenvalue weighted by atomic mass is 19.4. The maximum Gasteiger partial charge on any atom is 0.405 e. The van der Waals surface area contributed by atoms with Gasteiger partial charge in [0.15, 0.2) is 0 Å². The summed E-state index contributed by atoms with van der Waals surface area (Å²) in [5.74, 6) is -0.235. The first-order chi connectivity index (χ1) is 9.42. The molecule has 0 saturated heterocycles. The molecule has 0 bridgehead atoms. The zero-order valence-corrected chi connectivity index (χ0v) is 10.6. The first kappa shape index (κ1) is 14.1. The number of rotatable bonds is 3. The van der Waals surface area contributed by atoms with E-state index in [0.717, 1.165) is 0 Å². The summed E-state index contributed by atoms with van der Waals surface area (Å²) < 4.78 is 36.4. The standard InChI is InChI=1S/C13H12F3N3O/c1-17-11-9-5-3-2-4-8(9)10(6-18-11)12(20)19-7-13(14,15)16/h2-6H,7H2,1H3,(H,17,18)(H,19,20). The minimum Gasteiger partial charge on any atom is -0.373 e. The van der Waals surface area contributed by atoms with Gasteiger partial charge in [-0.3, -0.25) is 4.79 Å². The fourth-order valence-corrected chi connectivity index (χ4v) is 1.85. The minimum atomic E-state index is -4.44. The van der Waals surface area contributed by atoms with Crippen molar-refractivity contribution < 1.29 is 18.0 Å². The Morgan fingerprint density at radius 3 is 2.50 bits per heavy atom. The Morgan fingerprint density at radius 1 is 1.25 bits per heavy atom. The summed E-state index contributed by atoms with van der Waals surface area (Å²) in [5, 5.41) is 5.94. The third-order valence-corrected chi connectivity index (χ3v) is 2.73. The van der Waals surface area contributed by atoms with Gasteiger partial charge < -0.3 is 10.6 Å². The van der Waals surface area contributed by atoms with E-state index in [4.69, 9.17) is 0 Å². The van der Waals surface area contributed by atoms with E-state index in [0.29, 0.717) is 16.6 Å². The number of fused-ring (bicyclic) bond motifs is 1. The number of benzene rings is 1. The summed E-state index contributed by atoms with van der Waals surface area (Å²) in [6.07, 6.45) is -3.18. The molecule has 7 heteroatoms. The van der Waals surface area contributed by atoms with Gasteiger partial charge in [0.2, 0.25) is 0 Å². The Balaban J connectivity index is 2.38. The molecule has 2 rings (SSSR count). The number of alkyl halides is 3. The molecule has 106 valence electrons. The summed E-state index contributed by atoms with van der Waals surface area (Å²) >= 11 is 0. The molecule has 0 aliphatic heterocycles. The second-order valence-electron chi connectivity index (χ2n) is 4.11. The molecular weight excluding hydrogens is 271 g/mol. The van der Waals surface area contributed by atoms with Crippen LogP contribution in [0, 0.1) is 0 Å². The van der Waals surface area contributed by atoms with Crippen LogP contribution < -0.4 is 10.6 Å². The Labute approximate surface area is 113 Å². The van der Waals surface area contributed by atoms with Crippen LogP contribution in [-0.4, -0.2) is 30.7 Å². The number of carbonyl (C=O) groups excluding carboxylic acids is 1. The van der Waals surface area contributed by atoms with Crippen LogP contribution in [0.15, 0.2) is 30.5 Å². The second kappa shape index (κ2) is 5.36. The van der Waals surface area contributed by atoms with E-state index in [1.54, 1.807) is 31.3 Å². The van der Waals surface area contributed by atoms with Crippen molar-refractivity contribution in [3.05, 3.63) is 36.0 Å². The number of nitrogens with one attached hydrogen (secondary N) is 2. The van der Waals surface area contributed by atoms with Crippen LogP contribution >= 0.6 is 0 Å². The van der Waals surface area contributed by atoms with E-state index >= 15 is 0 Å². The molecular formula is C13H12F3N3O. The maximum atomic E-state index is 12.1. The second-order valence-corrected chi connectivity index (χ2v) is 4.11. The monoisotopic (exact) mass is 283 g/mol. The number of nitrogens with zero attached hydrogens (tertiary/aromatic N) is 1. The van der Waals surface area contributed by atoms with Crippen LogP contribution in [0.4, 0.5) is 19.0 Å². The summed E-state index contributed by atoms with van der Waals surface area (Å²) in [4.78, 5) is 15.9. The third kappa shape index (κ3) is 2.98. The normalized spacial score (nSPS) is 11.4. The number of anilines is 1. The predicted octanol–water partition coefficient (Wildman–Crippen LogP) is 2.57. The van der Waals surface area contributed by atoms with Gasteiger partial charge in [0, 0.05) is 18.6 Å². The molecule has 1 amide bonds. The van der Waals surface area contributed by atoms with Crippen molar-refractivity contribution in [1.29, 1.82) is 0 Å². The number of hydrogen-bond donors (Lipinski definition) is 2. The maximum absolute atomic E-state index is 12.1. The molecule has 0 saturated carbocycles. The third-order valence-electron chi connectivity index (χ3n) is 2.73. The zero-order chi connectivity index (χ0) is 14.8. The number of aromatic nitrogens is 1. The average molecular weight is 283 g/mol. The zero-order valence-electron chi connectivity index (χ0n) is 10.6. The lowest BCUT2D eigenvalue weighted by atomic mass is 10.1. The molecule has 0 spiro atoms. The number of carbonyl (C=O) groups is 1. The van der Waals surface area contributed by atoms with Crippen molar-refractivity contribution in [2.45, 2.75) is 6.18 Å². The van der Waals surface area contributed by atoms with Gasteiger partial charge in [0.05, 0.1) is 5.56 Å². The van der Waals surface area contributed by atoms with Crippen LogP contribution in [0.3, 0.4) is 0 Å². The van der Waals surface area contributed by atoms with Gasteiger partial charge >= 0.3 is 6.18 Å². The average Bonchev–Trinajstić information content (AvgIpc) is 2.42. The van der Waals surface area contributed by atoms with Crippen molar-refractivity contribution in [2.75, 3.05) is 18.9 Å². The smallest absolute Gasteiger partial charge is 0.373 e. The highest BCUT2D eigenvalue weighted by Gasteiger charge is 2.28. The van der Waals surface area contributed by atoms with E-state index in [-0.39, 0.29) is 5.56 Å². The van der Waals surface area contributed by atoms with E-state index in [2.05, 4.69) is 10.3 Å². The fourth-order valence-electron chi connectivity index (χ4n) is 1.85. The lowest BCUT2D eigenvalue weighted by Gasteiger charge is -2.11. The van der Waals surface area contributed by atoms with Gasteiger partial charge in [-0.1, -0.05) is 24.3 Å². The topological polar surface area (TPSA) is 54.0 Å². The van der Waals surface area contributed by atoms with Gasteiger partial charge in [-0.05, 0) is 5.39 Å². The largest absolute Gasteiger partial charge is 0.405 e. The lowest BCUT2D eigenvalue weighted by molar-refractivity contribution is -0.123. The van der Waals surface area contributed by atoms with Crippen molar-refractivity contribution in [2.24, 2.45) is 0 Å². The summed E-state index contributed by atoms with van der Waals surface area (Å²) in [6.45, 7) is -1.37.